The van der Waals surface area contributed by atoms with Gasteiger partial charge in [0.2, 0.25) is 0 Å². The molecule has 6 nitrogen and oxygen atoms in total. The Balaban J connectivity index is 0.000000171. The number of fused-ring (bicyclic) bond motifs is 1. The molecule has 1 unspecified atom stereocenters. The largest absolute Gasteiger partial charge is 0.476 e. The fourth-order valence-electron chi connectivity index (χ4n) is 4.70. The van der Waals surface area contributed by atoms with Crippen molar-refractivity contribution in [3.63, 3.8) is 0 Å². The number of hydrogen-bond donors (Lipinski definition) is 1. The van der Waals surface area contributed by atoms with E-state index in [2.05, 4.69) is 16.0 Å². The number of hydrogen-bond acceptors (Lipinski definition) is 6. The van der Waals surface area contributed by atoms with E-state index in [0.29, 0.717) is 11.6 Å². The first-order valence-corrected chi connectivity index (χ1v) is 14.1. The van der Waals surface area contributed by atoms with E-state index < -0.39 is 5.97 Å². The lowest BCUT2D eigenvalue weighted by Crippen LogP contribution is -2.39. The third kappa shape index (κ3) is 5.87. The number of nitrogens with zero attached hydrogens (tertiary/aromatic N) is 3. The summed E-state index contributed by atoms with van der Waals surface area (Å²) in [7, 11) is 0. The minimum atomic E-state index is -0.983. The Morgan fingerprint density at radius 1 is 0.811 bits per heavy atom. The van der Waals surface area contributed by atoms with Crippen molar-refractivity contribution in [1.82, 2.24) is 14.9 Å². The van der Waals surface area contributed by atoms with Gasteiger partial charge in [0.05, 0.1) is 0 Å². The maximum atomic E-state index is 12.9. The molecule has 1 aliphatic carbocycles. The molecular formula is C29H27N3O3S2. The Labute approximate surface area is 224 Å². The Kier molecular flexibility index (Phi) is 7.87. The van der Waals surface area contributed by atoms with Crippen molar-refractivity contribution < 1.29 is 14.7 Å². The number of thiazole rings is 2. The molecule has 2 aromatic carbocycles. The summed E-state index contributed by atoms with van der Waals surface area (Å²) < 4.78 is 0. The van der Waals surface area contributed by atoms with Crippen LogP contribution in [0.4, 0.5) is 0 Å². The van der Waals surface area contributed by atoms with Crippen molar-refractivity contribution in [2.75, 3.05) is 6.54 Å². The summed E-state index contributed by atoms with van der Waals surface area (Å²) >= 11 is 2.89. The molecule has 2 aliphatic rings. The number of aromatic carboxylic acids is 1. The molecule has 0 radical (unpaired) electrons. The molecule has 1 amide bonds. The van der Waals surface area contributed by atoms with Gasteiger partial charge in [-0.05, 0) is 38.0 Å². The number of piperidine rings is 1. The number of carbonyl (C=O) groups excluding carboxylic acids is 1. The van der Waals surface area contributed by atoms with E-state index in [1.54, 1.807) is 16.7 Å². The van der Waals surface area contributed by atoms with Gasteiger partial charge in [0.15, 0.2) is 5.69 Å². The molecular weight excluding hydrogens is 502 g/mol. The smallest absolute Gasteiger partial charge is 0.355 e. The van der Waals surface area contributed by atoms with Gasteiger partial charge in [-0.3, -0.25) is 4.79 Å². The maximum absolute atomic E-state index is 12.9. The van der Waals surface area contributed by atoms with Crippen LogP contribution in [0.15, 0.2) is 83.2 Å². The first-order valence-electron chi connectivity index (χ1n) is 12.4. The van der Waals surface area contributed by atoms with Crippen molar-refractivity contribution in [3.05, 3.63) is 94.6 Å². The maximum Gasteiger partial charge on any atom is 0.355 e. The molecule has 6 rings (SSSR count). The third-order valence-electron chi connectivity index (χ3n) is 6.51. The number of likely N-dealkylation sites (tertiary alicyclic amines) is 1. The number of amides is 1. The Morgan fingerprint density at radius 2 is 1.38 bits per heavy atom. The number of allylic oxidation sites excluding steroid dienone is 2. The molecule has 1 N–H and O–H groups in total. The second-order valence-electron chi connectivity index (χ2n) is 8.97. The standard InChI is InChI=1S/C19H20N2OS.C10H7NO2S/c22-19(21-12-6-10-14-7-4-5-11-17(14)21)16-13-23-18(20-16)15-8-2-1-3-9-15;12-10(13)8-6-14-9(11-8)7-4-2-1-3-5-7/h1-3,8-9,11,13-14H,4-7,10,12H2;1-6H,(H,12,13). The van der Waals surface area contributed by atoms with E-state index in [-0.39, 0.29) is 11.6 Å². The minimum absolute atomic E-state index is 0.0706. The van der Waals surface area contributed by atoms with Crippen LogP contribution in [0.1, 0.15) is 53.1 Å². The molecule has 3 heterocycles. The molecule has 1 fully saturated rings. The number of aromatic nitrogens is 2. The third-order valence-corrected chi connectivity index (χ3v) is 8.29. The van der Waals surface area contributed by atoms with Gasteiger partial charge in [-0.1, -0.05) is 66.7 Å². The average Bonchev–Trinajstić information content (AvgIpc) is 3.65. The topological polar surface area (TPSA) is 83.4 Å². The summed E-state index contributed by atoms with van der Waals surface area (Å²) in [6, 6.07) is 19.6. The Morgan fingerprint density at radius 3 is 1.97 bits per heavy atom. The number of carbonyl (C=O) groups is 2. The molecule has 1 atom stereocenters. The van der Waals surface area contributed by atoms with E-state index in [4.69, 9.17) is 5.11 Å². The fourth-order valence-corrected chi connectivity index (χ4v) is 6.30. The van der Waals surface area contributed by atoms with Crippen LogP contribution in [-0.4, -0.2) is 38.4 Å². The number of rotatable bonds is 4. The minimum Gasteiger partial charge on any atom is -0.476 e. The summed E-state index contributed by atoms with van der Waals surface area (Å²) in [4.78, 5) is 34.1. The van der Waals surface area contributed by atoms with Crippen LogP contribution in [-0.2, 0) is 0 Å². The van der Waals surface area contributed by atoms with Crippen LogP contribution >= 0.6 is 22.7 Å². The van der Waals surface area contributed by atoms with Crippen molar-refractivity contribution in [2.45, 2.75) is 32.1 Å². The highest BCUT2D eigenvalue weighted by molar-refractivity contribution is 7.13. The Bertz CT molecular complexity index is 1400. The quantitative estimate of drug-likeness (QED) is 0.301. The zero-order chi connectivity index (χ0) is 25.6. The summed E-state index contributed by atoms with van der Waals surface area (Å²) in [5, 5.41) is 13.8. The van der Waals surface area contributed by atoms with Gasteiger partial charge in [-0.15, -0.1) is 22.7 Å². The number of carboxylic acid groups (broad SMARTS) is 1. The molecule has 188 valence electrons. The molecule has 4 aromatic rings. The van der Waals surface area contributed by atoms with Crippen LogP contribution in [0, 0.1) is 5.92 Å². The van der Waals surface area contributed by atoms with Crippen LogP contribution in [0.3, 0.4) is 0 Å². The van der Waals surface area contributed by atoms with Gasteiger partial charge in [0, 0.05) is 34.1 Å². The normalized spacial score (nSPS) is 16.7. The summed E-state index contributed by atoms with van der Waals surface area (Å²) in [6.45, 7) is 0.833. The van der Waals surface area contributed by atoms with Crippen LogP contribution in [0.5, 0.6) is 0 Å². The van der Waals surface area contributed by atoms with Gasteiger partial charge < -0.3 is 10.0 Å². The predicted molar refractivity (Wildman–Crippen MR) is 148 cm³/mol. The van der Waals surface area contributed by atoms with Crippen LogP contribution in [0.2, 0.25) is 0 Å². The first kappa shape index (κ1) is 25.0. The molecule has 1 aliphatic heterocycles. The lowest BCUT2D eigenvalue weighted by molar-refractivity contribution is 0.0690. The van der Waals surface area contributed by atoms with E-state index >= 15 is 0 Å². The van der Waals surface area contributed by atoms with Crippen LogP contribution < -0.4 is 0 Å². The Hall–Kier alpha value is -3.62. The van der Waals surface area contributed by atoms with Crippen molar-refractivity contribution in [2.24, 2.45) is 5.92 Å². The van der Waals surface area contributed by atoms with Crippen molar-refractivity contribution in [1.29, 1.82) is 0 Å². The van der Waals surface area contributed by atoms with Gasteiger partial charge in [0.25, 0.3) is 5.91 Å². The van der Waals surface area contributed by atoms with E-state index in [1.807, 2.05) is 70.9 Å². The summed E-state index contributed by atoms with van der Waals surface area (Å²) in [5.74, 6) is -0.335. The van der Waals surface area contributed by atoms with Gasteiger partial charge in [-0.25, -0.2) is 14.8 Å². The molecule has 1 saturated heterocycles. The zero-order valence-corrected chi connectivity index (χ0v) is 21.9. The van der Waals surface area contributed by atoms with E-state index in [9.17, 15) is 9.59 Å². The van der Waals surface area contributed by atoms with Gasteiger partial charge >= 0.3 is 5.97 Å². The van der Waals surface area contributed by atoms with Crippen LogP contribution in [0.25, 0.3) is 21.1 Å². The highest BCUT2D eigenvalue weighted by Crippen LogP contribution is 2.36. The lowest BCUT2D eigenvalue weighted by atomic mass is 9.85. The number of benzene rings is 2. The lowest BCUT2D eigenvalue weighted by Gasteiger charge is -2.37. The highest BCUT2D eigenvalue weighted by atomic mass is 32.1. The molecule has 8 heteroatoms. The zero-order valence-electron chi connectivity index (χ0n) is 20.2. The van der Waals surface area contributed by atoms with E-state index in [1.165, 1.54) is 36.3 Å². The monoisotopic (exact) mass is 529 g/mol. The van der Waals surface area contributed by atoms with Gasteiger partial charge in [0.1, 0.15) is 15.7 Å². The van der Waals surface area contributed by atoms with Crippen molar-refractivity contribution >= 4 is 34.6 Å². The van der Waals surface area contributed by atoms with Crippen molar-refractivity contribution in [3.8, 4) is 21.1 Å². The SMILES string of the molecule is O=C(O)c1csc(-c2ccccc2)n1.O=C(c1csc(-c2ccccc2)n1)N1CCCC2CCCC=C21. The summed E-state index contributed by atoms with van der Waals surface area (Å²) in [5.41, 5.74) is 3.96. The highest BCUT2D eigenvalue weighted by Gasteiger charge is 2.31. The van der Waals surface area contributed by atoms with Gasteiger partial charge in [-0.2, -0.15) is 0 Å². The molecule has 37 heavy (non-hydrogen) atoms. The molecule has 0 spiro atoms. The first-order chi connectivity index (χ1) is 18.1. The average molecular weight is 530 g/mol. The fraction of sp³-hybridized carbons (Fsp3) is 0.241. The second-order valence-corrected chi connectivity index (χ2v) is 10.7. The molecule has 0 bridgehead atoms. The molecule has 0 saturated carbocycles. The predicted octanol–water partition coefficient (Wildman–Crippen LogP) is 7.24. The molecule has 2 aromatic heterocycles. The number of carboxylic acids is 1. The second kappa shape index (κ2) is 11.6. The summed E-state index contributed by atoms with van der Waals surface area (Å²) in [6.07, 6.45) is 8.18. The van der Waals surface area contributed by atoms with E-state index in [0.717, 1.165) is 40.5 Å².